The van der Waals surface area contributed by atoms with Crippen LogP contribution in [0.4, 0.5) is 0 Å². The van der Waals surface area contributed by atoms with Crippen LogP contribution < -0.4 is 20.1 Å². The topological polar surface area (TPSA) is 72.7 Å². The summed E-state index contributed by atoms with van der Waals surface area (Å²) in [6, 6.07) is 6.04. The second-order valence-corrected chi connectivity index (χ2v) is 7.51. The number of hydrogen-bond donors (Lipinski definition) is 2. The first-order valence-corrected chi connectivity index (χ1v) is 9.39. The number of benzene rings is 1. The predicted molar refractivity (Wildman–Crippen MR) is 129 cm³/mol. The Bertz CT molecular complexity index is 846. The zero-order chi connectivity index (χ0) is 20.9. The van der Waals surface area contributed by atoms with Gasteiger partial charge in [-0.2, -0.15) is 5.10 Å². The Morgan fingerprint density at radius 3 is 2.31 bits per heavy atom. The number of aromatic nitrogens is 2. The highest BCUT2D eigenvalue weighted by molar-refractivity contribution is 14.0. The fraction of sp³-hybridized carbons (Fsp3) is 0.524. The van der Waals surface area contributed by atoms with E-state index in [0.717, 1.165) is 34.4 Å². The first-order valence-electron chi connectivity index (χ1n) is 9.39. The van der Waals surface area contributed by atoms with E-state index < -0.39 is 0 Å². The lowest BCUT2D eigenvalue weighted by atomic mass is 9.84. The summed E-state index contributed by atoms with van der Waals surface area (Å²) in [6.07, 6.45) is 0. The molecule has 0 aliphatic carbocycles. The van der Waals surface area contributed by atoms with Gasteiger partial charge in [-0.3, -0.25) is 9.67 Å². The zero-order valence-corrected chi connectivity index (χ0v) is 21.0. The standard InChI is InChI=1S/C21H33N5O2.HI/c1-14-17(15(2)26(6)25-14)12-23-20(22-5)24-13-21(3,4)16-9-10-18(27-7)19(11-16)28-8;/h9-11H,12-13H2,1-8H3,(H2,22,23,24);1H. The first kappa shape index (κ1) is 25.1. The number of halogens is 1. The molecule has 2 N–H and O–H groups in total. The van der Waals surface area contributed by atoms with E-state index in [1.807, 2.05) is 30.8 Å². The van der Waals surface area contributed by atoms with Crippen LogP contribution in [0.5, 0.6) is 11.5 Å². The van der Waals surface area contributed by atoms with Crippen molar-refractivity contribution < 1.29 is 9.47 Å². The molecule has 1 aromatic heterocycles. The second-order valence-electron chi connectivity index (χ2n) is 7.51. The molecule has 2 aromatic rings. The van der Waals surface area contributed by atoms with Gasteiger partial charge in [-0.25, -0.2) is 0 Å². The maximum atomic E-state index is 5.44. The van der Waals surface area contributed by atoms with Gasteiger partial charge in [-0.05, 0) is 31.5 Å². The smallest absolute Gasteiger partial charge is 0.191 e. The Kier molecular flexibility index (Phi) is 9.25. The van der Waals surface area contributed by atoms with Crippen molar-refractivity contribution >= 4 is 29.9 Å². The van der Waals surface area contributed by atoms with E-state index >= 15 is 0 Å². The van der Waals surface area contributed by atoms with Gasteiger partial charge in [-0.15, -0.1) is 24.0 Å². The normalized spacial score (nSPS) is 11.7. The van der Waals surface area contributed by atoms with Crippen LogP contribution in [-0.2, 0) is 19.0 Å². The van der Waals surface area contributed by atoms with Crippen LogP contribution in [0, 0.1) is 13.8 Å². The molecule has 7 nitrogen and oxygen atoms in total. The Labute approximate surface area is 191 Å². The molecule has 0 radical (unpaired) electrons. The van der Waals surface area contributed by atoms with Crippen molar-refractivity contribution in [1.82, 2.24) is 20.4 Å². The van der Waals surface area contributed by atoms with Gasteiger partial charge in [-0.1, -0.05) is 19.9 Å². The highest BCUT2D eigenvalue weighted by atomic mass is 127. The van der Waals surface area contributed by atoms with Crippen LogP contribution in [0.15, 0.2) is 23.2 Å². The van der Waals surface area contributed by atoms with Crippen LogP contribution in [0.25, 0.3) is 0 Å². The quantitative estimate of drug-likeness (QED) is 0.337. The lowest BCUT2D eigenvalue weighted by Gasteiger charge is -2.27. The average Bonchev–Trinajstić information content (AvgIpc) is 2.93. The molecule has 0 fully saturated rings. The second kappa shape index (κ2) is 10.7. The Hall–Kier alpha value is -1.97. The third-order valence-corrected chi connectivity index (χ3v) is 5.18. The molecule has 0 atom stereocenters. The van der Waals surface area contributed by atoms with E-state index in [0.29, 0.717) is 13.1 Å². The molecule has 0 spiro atoms. The summed E-state index contributed by atoms with van der Waals surface area (Å²) in [4.78, 5) is 4.35. The predicted octanol–water partition coefficient (Wildman–Crippen LogP) is 3.31. The average molecular weight is 515 g/mol. The molecule has 0 saturated heterocycles. The van der Waals surface area contributed by atoms with Crippen molar-refractivity contribution in [3.8, 4) is 11.5 Å². The summed E-state index contributed by atoms with van der Waals surface area (Å²) in [5.41, 5.74) is 4.42. The van der Waals surface area contributed by atoms with Crippen molar-refractivity contribution in [1.29, 1.82) is 0 Å². The van der Waals surface area contributed by atoms with Crippen LogP contribution in [0.3, 0.4) is 0 Å². The molecule has 0 bridgehead atoms. The number of methoxy groups -OCH3 is 2. The molecule has 0 aliphatic heterocycles. The molecule has 1 heterocycles. The first-order chi connectivity index (χ1) is 13.2. The number of nitrogens with zero attached hydrogens (tertiary/aromatic N) is 3. The third kappa shape index (κ3) is 6.01. The van der Waals surface area contributed by atoms with E-state index in [2.05, 4.69) is 47.6 Å². The minimum Gasteiger partial charge on any atom is -0.493 e. The van der Waals surface area contributed by atoms with E-state index in [-0.39, 0.29) is 29.4 Å². The summed E-state index contributed by atoms with van der Waals surface area (Å²) in [6.45, 7) is 9.87. The monoisotopic (exact) mass is 515 g/mol. The lowest BCUT2D eigenvalue weighted by molar-refractivity contribution is 0.353. The van der Waals surface area contributed by atoms with Crippen LogP contribution >= 0.6 is 24.0 Å². The highest BCUT2D eigenvalue weighted by Gasteiger charge is 2.23. The Balaban J connectivity index is 0.00000420. The van der Waals surface area contributed by atoms with Gasteiger partial charge >= 0.3 is 0 Å². The summed E-state index contributed by atoms with van der Waals surface area (Å²) in [5.74, 6) is 2.23. The molecule has 0 saturated carbocycles. The van der Waals surface area contributed by atoms with Gasteiger partial charge in [0.2, 0.25) is 0 Å². The third-order valence-electron chi connectivity index (χ3n) is 5.18. The van der Waals surface area contributed by atoms with Gasteiger partial charge in [0.05, 0.1) is 19.9 Å². The SMILES string of the molecule is CN=C(NCc1c(C)nn(C)c1C)NCC(C)(C)c1ccc(OC)c(OC)c1.I. The molecule has 162 valence electrons. The molecule has 0 amide bonds. The van der Waals surface area contributed by atoms with Crippen LogP contribution in [0.2, 0.25) is 0 Å². The van der Waals surface area contributed by atoms with Crippen molar-refractivity contribution in [2.24, 2.45) is 12.0 Å². The number of guanidine groups is 1. The maximum absolute atomic E-state index is 5.44. The van der Waals surface area contributed by atoms with Gasteiger partial charge in [0.25, 0.3) is 0 Å². The molecular weight excluding hydrogens is 481 g/mol. The van der Waals surface area contributed by atoms with Gasteiger partial charge in [0.1, 0.15) is 0 Å². The molecule has 2 rings (SSSR count). The summed E-state index contributed by atoms with van der Waals surface area (Å²) in [5, 5.41) is 11.3. The van der Waals surface area contributed by atoms with Gasteiger partial charge in [0, 0.05) is 43.9 Å². The minimum atomic E-state index is -0.128. The van der Waals surface area contributed by atoms with Gasteiger partial charge in [0.15, 0.2) is 17.5 Å². The summed E-state index contributed by atoms with van der Waals surface area (Å²) >= 11 is 0. The Morgan fingerprint density at radius 1 is 1.14 bits per heavy atom. The molecule has 0 unspecified atom stereocenters. The van der Waals surface area contributed by atoms with Crippen molar-refractivity contribution in [2.75, 3.05) is 27.8 Å². The van der Waals surface area contributed by atoms with Crippen LogP contribution in [-0.4, -0.2) is 43.6 Å². The van der Waals surface area contributed by atoms with Crippen molar-refractivity contribution in [3.63, 3.8) is 0 Å². The number of aryl methyl sites for hydroxylation is 2. The molecular formula is C21H34IN5O2. The zero-order valence-electron chi connectivity index (χ0n) is 18.7. The molecule has 29 heavy (non-hydrogen) atoms. The Morgan fingerprint density at radius 2 is 1.79 bits per heavy atom. The highest BCUT2D eigenvalue weighted by Crippen LogP contribution is 2.32. The van der Waals surface area contributed by atoms with E-state index in [1.165, 1.54) is 5.56 Å². The number of hydrogen-bond acceptors (Lipinski definition) is 4. The molecule has 8 heteroatoms. The fourth-order valence-corrected chi connectivity index (χ4v) is 3.13. The maximum Gasteiger partial charge on any atom is 0.191 e. The lowest BCUT2D eigenvalue weighted by Crippen LogP contribution is -2.43. The minimum absolute atomic E-state index is 0. The van der Waals surface area contributed by atoms with Gasteiger partial charge < -0.3 is 20.1 Å². The number of ether oxygens (including phenoxy) is 2. The van der Waals surface area contributed by atoms with E-state index in [1.54, 1.807) is 21.3 Å². The fourth-order valence-electron chi connectivity index (χ4n) is 3.13. The van der Waals surface area contributed by atoms with E-state index in [4.69, 9.17) is 9.47 Å². The molecule has 1 aromatic carbocycles. The van der Waals surface area contributed by atoms with Crippen molar-refractivity contribution in [3.05, 3.63) is 40.7 Å². The number of nitrogens with one attached hydrogen (secondary N) is 2. The summed E-state index contributed by atoms with van der Waals surface area (Å²) in [7, 11) is 7.04. The van der Waals surface area contributed by atoms with E-state index in [9.17, 15) is 0 Å². The molecule has 0 aliphatic rings. The number of aliphatic imine (C=N–C) groups is 1. The largest absolute Gasteiger partial charge is 0.493 e. The number of rotatable bonds is 7. The van der Waals surface area contributed by atoms with Crippen molar-refractivity contribution in [2.45, 2.75) is 39.7 Å². The van der Waals surface area contributed by atoms with Crippen LogP contribution in [0.1, 0.15) is 36.4 Å². The summed E-state index contributed by atoms with van der Waals surface area (Å²) < 4.78 is 12.7.